The van der Waals surface area contributed by atoms with Crippen molar-refractivity contribution in [3.05, 3.63) is 25.3 Å². The van der Waals surface area contributed by atoms with E-state index in [0.29, 0.717) is 0 Å². The predicted octanol–water partition coefficient (Wildman–Crippen LogP) is -1.53. The Labute approximate surface area is 67.2 Å². The molecule has 0 radical (unpaired) electrons. The quantitative estimate of drug-likeness (QED) is 0.284. The van der Waals surface area contributed by atoms with Crippen molar-refractivity contribution in [3.8, 4) is 0 Å². The monoisotopic (exact) mass is 110 g/mol. The van der Waals surface area contributed by atoms with Gasteiger partial charge in [0.05, 0.1) is 0 Å². The number of allylic oxidation sites excluding steroid dienone is 2. The third kappa shape index (κ3) is 21.5. The number of rotatable bonds is 1. The first-order chi connectivity index (χ1) is 1.91. The zero-order valence-electron chi connectivity index (χ0n) is 5.07. The van der Waals surface area contributed by atoms with E-state index in [1.54, 1.807) is 12.2 Å². The van der Waals surface area contributed by atoms with Gasteiger partial charge in [-0.15, -0.1) is 0 Å². The Kier molecular flexibility index (Phi) is 45.1. The molecule has 0 unspecified atom stereocenters. The van der Waals surface area contributed by atoms with E-state index in [-0.39, 0.29) is 42.0 Å². The fourth-order valence-corrected chi connectivity index (χ4v) is 0. The van der Waals surface area contributed by atoms with Crippen LogP contribution in [-0.2, 0) is 21.7 Å². The van der Waals surface area contributed by atoms with E-state index >= 15 is 0 Å². The van der Waals surface area contributed by atoms with Gasteiger partial charge in [0.25, 0.3) is 0 Å². The van der Waals surface area contributed by atoms with Crippen LogP contribution < -0.4 is 18.9 Å². The molecule has 0 N–H and O–H groups in total. The van der Waals surface area contributed by atoms with Crippen molar-refractivity contribution < 1.29 is 42.0 Å². The van der Waals surface area contributed by atoms with Gasteiger partial charge in [-0.05, 0) is 0 Å². The zero-order valence-corrected chi connectivity index (χ0v) is 5.63. The first kappa shape index (κ1) is 15.8. The molecule has 0 saturated heterocycles. The first-order valence-corrected chi connectivity index (χ1v) is 1.15. The van der Waals surface area contributed by atoms with Crippen molar-refractivity contribution in [3.63, 3.8) is 0 Å². The second-order valence-electron chi connectivity index (χ2n) is 0.471. The first-order valence-electron chi connectivity index (χ1n) is 1.15. The molecule has 0 aromatic carbocycles. The Balaban J connectivity index is -0.0000000150. The summed E-state index contributed by atoms with van der Waals surface area (Å²) >= 11 is 0. The Morgan fingerprint density at radius 2 is 1.33 bits per heavy atom. The van der Waals surface area contributed by atoms with Crippen molar-refractivity contribution in [1.82, 2.24) is 0 Å². The molecule has 0 aromatic rings. The molecule has 0 aromatic heterocycles. The van der Waals surface area contributed by atoms with Gasteiger partial charge < -0.3 is 1.43 Å². The molecule has 0 saturated carbocycles. The van der Waals surface area contributed by atoms with E-state index in [4.69, 9.17) is 0 Å². The molecule has 0 atom stereocenters. The summed E-state index contributed by atoms with van der Waals surface area (Å²) in [7, 11) is 0. The van der Waals surface area contributed by atoms with Crippen LogP contribution >= 0.6 is 0 Å². The Bertz CT molecular complexity index is 32.7. The van der Waals surface area contributed by atoms with Gasteiger partial charge in [0.15, 0.2) is 0 Å². The summed E-state index contributed by atoms with van der Waals surface area (Å²) in [6, 6.07) is 0. The standard InChI is InChI=1S/C4H6.Li.Ti.H/c1-3-4-2;;;/h3-4H,1-2H2;;;/q;+1;;-1. The third-order valence-corrected chi connectivity index (χ3v) is 0.167. The molecule has 0 bridgehead atoms. The van der Waals surface area contributed by atoms with Crippen molar-refractivity contribution in [2.24, 2.45) is 0 Å². The van der Waals surface area contributed by atoms with Gasteiger partial charge in [0.1, 0.15) is 0 Å². The zero-order chi connectivity index (χ0) is 3.41. The van der Waals surface area contributed by atoms with E-state index in [1.807, 2.05) is 0 Å². The average Bonchev–Trinajstić information content (AvgIpc) is 1.37. The Hall–Kier alpha value is 0.792. The smallest absolute Gasteiger partial charge is 1.00 e. The summed E-state index contributed by atoms with van der Waals surface area (Å²) < 4.78 is 0. The van der Waals surface area contributed by atoms with E-state index in [0.717, 1.165) is 0 Å². The molecule has 28 valence electrons. The normalized spacial score (nSPS) is 3.33. The maximum Gasteiger partial charge on any atom is 1.00 e. The van der Waals surface area contributed by atoms with Gasteiger partial charge in [0, 0.05) is 21.7 Å². The van der Waals surface area contributed by atoms with Crippen LogP contribution in [0.1, 0.15) is 1.43 Å². The second kappa shape index (κ2) is 17.1. The van der Waals surface area contributed by atoms with Crippen LogP contribution in [0, 0.1) is 0 Å². The molecule has 0 rings (SSSR count). The average molecular weight is 110 g/mol. The maximum absolute atomic E-state index is 3.36. The van der Waals surface area contributed by atoms with Gasteiger partial charge in [-0.2, -0.15) is 0 Å². The minimum Gasteiger partial charge on any atom is -1.00 e. The van der Waals surface area contributed by atoms with Crippen LogP contribution in [0.2, 0.25) is 0 Å². The molecule has 0 fully saturated rings. The van der Waals surface area contributed by atoms with Crippen molar-refractivity contribution in [1.29, 1.82) is 0 Å². The molecule has 6 heavy (non-hydrogen) atoms. The van der Waals surface area contributed by atoms with Gasteiger partial charge in [-0.1, -0.05) is 25.3 Å². The Morgan fingerprint density at radius 1 is 1.17 bits per heavy atom. The molecular weight excluding hydrogens is 103 g/mol. The molecule has 0 nitrogen and oxygen atoms in total. The van der Waals surface area contributed by atoms with E-state index < -0.39 is 0 Å². The summed E-state index contributed by atoms with van der Waals surface area (Å²) in [5.41, 5.74) is 0. The molecule has 2 heteroatoms. The molecular formula is C4H7LiTi. The topological polar surface area (TPSA) is 0 Å². The largest absolute Gasteiger partial charge is 1.00 e. The number of hydrogen-bond acceptors (Lipinski definition) is 0. The van der Waals surface area contributed by atoms with Gasteiger partial charge in [-0.25, -0.2) is 0 Å². The molecule has 0 aliphatic carbocycles. The van der Waals surface area contributed by atoms with Crippen molar-refractivity contribution in [2.45, 2.75) is 0 Å². The molecule has 0 heterocycles. The maximum atomic E-state index is 3.36. The van der Waals surface area contributed by atoms with Crippen molar-refractivity contribution >= 4 is 0 Å². The summed E-state index contributed by atoms with van der Waals surface area (Å²) in [5.74, 6) is 0. The SMILES string of the molecule is C=CC=C.[H-].[Li+].[Ti]. The molecule has 0 aliphatic heterocycles. The molecule has 0 amide bonds. The molecule has 0 aliphatic rings. The summed E-state index contributed by atoms with van der Waals surface area (Å²) in [4.78, 5) is 0. The van der Waals surface area contributed by atoms with Crippen LogP contribution in [-0.4, -0.2) is 0 Å². The fraction of sp³-hybridized carbons (Fsp3) is 0. The van der Waals surface area contributed by atoms with Crippen LogP contribution in [0.25, 0.3) is 0 Å². The van der Waals surface area contributed by atoms with Crippen LogP contribution in [0.4, 0.5) is 0 Å². The van der Waals surface area contributed by atoms with Gasteiger partial charge in [0.2, 0.25) is 0 Å². The van der Waals surface area contributed by atoms with E-state index in [2.05, 4.69) is 13.2 Å². The Morgan fingerprint density at radius 3 is 1.33 bits per heavy atom. The van der Waals surface area contributed by atoms with Crippen molar-refractivity contribution in [2.75, 3.05) is 0 Å². The van der Waals surface area contributed by atoms with E-state index in [1.165, 1.54) is 0 Å². The van der Waals surface area contributed by atoms with E-state index in [9.17, 15) is 0 Å². The minimum atomic E-state index is 0. The van der Waals surface area contributed by atoms with Gasteiger partial charge in [-0.3, -0.25) is 0 Å². The summed E-state index contributed by atoms with van der Waals surface area (Å²) in [6.07, 6.45) is 3.28. The summed E-state index contributed by atoms with van der Waals surface area (Å²) in [5, 5.41) is 0. The van der Waals surface area contributed by atoms with Crippen LogP contribution in [0.15, 0.2) is 25.3 Å². The minimum absolute atomic E-state index is 0. The molecule has 0 spiro atoms. The number of hydrogen-bond donors (Lipinski definition) is 0. The second-order valence-corrected chi connectivity index (χ2v) is 0.471. The van der Waals surface area contributed by atoms with Crippen LogP contribution in [0.5, 0.6) is 0 Å². The predicted molar refractivity (Wildman–Crippen MR) is 21.5 cm³/mol. The van der Waals surface area contributed by atoms with Gasteiger partial charge >= 0.3 is 18.9 Å². The van der Waals surface area contributed by atoms with Crippen LogP contribution in [0.3, 0.4) is 0 Å². The fourth-order valence-electron chi connectivity index (χ4n) is 0. The summed E-state index contributed by atoms with van der Waals surface area (Å²) in [6.45, 7) is 6.72. The third-order valence-electron chi connectivity index (χ3n) is 0.167.